The fourth-order valence-electron chi connectivity index (χ4n) is 3.80. The molecule has 0 aromatic carbocycles. The number of hydrogen-bond donors (Lipinski definition) is 2. The highest BCUT2D eigenvalue weighted by Gasteiger charge is 2.33. The summed E-state index contributed by atoms with van der Waals surface area (Å²) in [6.45, 7) is 4.58. The summed E-state index contributed by atoms with van der Waals surface area (Å²) in [5.41, 5.74) is 0.494. The Morgan fingerprint density at radius 2 is 1.72 bits per heavy atom. The van der Waals surface area contributed by atoms with Crippen LogP contribution in [-0.4, -0.2) is 49.3 Å². The fourth-order valence-corrected chi connectivity index (χ4v) is 3.80. The first-order valence-corrected chi connectivity index (χ1v) is 7.79. The van der Waals surface area contributed by atoms with E-state index in [0.717, 1.165) is 32.5 Å². The maximum Gasteiger partial charge on any atom is 0.0564 e. The van der Waals surface area contributed by atoms with Crippen LogP contribution in [0.5, 0.6) is 0 Å². The molecule has 0 unspecified atom stereocenters. The SMILES string of the molecule is CNCC1(CN2CCC(O)CC2)CCCCCC1. The number of hydrogen-bond acceptors (Lipinski definition) is 3. The highest BCUT2D eigenvalue weighted by atomic mass is 16.3. The smallest absolute Gasteiger partial charge is 0.0564 e. The van der Waals surface area contributed by atoms with Gasteiger partial charge in [0.25, 0.3) is 0 Å². The van der Waals surface area contributed by atoms with Gasteiger partial charge in [-0.2, -0.15) is 0 Å². The molecule has 2 rings (SSSR count). The fraction of sp³-hybridized carbons (Fsp3) is 1.00. The zero-order valence-electron chi connectivity index (χ0n) is 12.0. The Morgan fingerprint density at radius 3 is 2.28 bits per heavy atom. The van der Waals surface area contributed by atoms with Crippen molar-refractivity contribution in [3.8, 4) is 0 Å². The Kier molecular flexibility index (Phi) is 5.46. The molecule has 1 aliphatic carbocycles. The van der Waals surface area contributed by atoms with Gasteiger partial charge < -0.3 is 15.3 Å². The minimum absolute atomic E-state index is 0.0457. The lowest BCUT2D eigenvalue weighted by Gasteiger charge is -2.40. The Bertz CT molecular complexity index is 229. The Morgan fingerprint density at radius 1 is 1.11 bits per heavy atom. The number of aliphatic hydroxyl groups excluding tert-OH is 1. The molecular formula is C15H30N2O. The molecule has 2 aliphatic rings. The molecule has 0 amide bonds. The van der Waals surface area contributed by atoms with Crippen LogP contribution in [0.4, 0.5) is 0 Å². The van der Waals surface area contributed by atoms with Gasteiger partial charge in [0.1, 0.15) is 0 Å². The van der Waals surface area contributed by atoms with Crippen molar-refractivity contribution < 1.29 is 5.11 Å². The highest BCUT2D eigenvalue weighted by molar-refractivity contribution is 4.88. The summed E-state index contributed by atoms with van der Waals surface area (Å²) in [4.78, 5) is 2.59. The third-order valence-corrected chi connectivity index (χ3v) is 4.83. The highest BCUT2D eigenvalue weighted by Crippen LogP contribution is 2.36. The van der Waals surface area contributed by atoms with Crippen LogP contribution in [-0.2, 0) is 0 Å². The molecule has 1 saturated heterocycles. The van der Waals surface area contributed by atoms with Gasteiger partial charge >= 0.3 is 0 Å². The van der Waals surface area contributed by atoms with Gasteiger partial charge in [-0.05, 0) is 38.1 Å². The number of rotatable bonds is 4. The van der Waals surface area contributed by atoms with Gasteiger partial charge in [0.15, 0.2) is 0 Å². The zero-order valence-corrected chi connectivity index (χ0v) is 12.0. The first-order valence-electron chi connectivity index (χ1n) is 7.79. The van der Waals surface area contributed by atoms with E-state index in [2.05, 4.69) is 17.3 Å². The molecule has 0 bridgehead atoms. The molecule has 1 saturated carbocycles. The Balaban J connectivity index is 1.91. The molecular weight excluding hydrogens is 224 g/mol. The van der Waals surface area contributed by atoms with E-state index in [1.807, 2.05) is 0 Å². The molecule has 1 heterocycles. The summed E-state index contributed by atoms with van der Waals surface area (Å²) >= 11 is 0. The second-order valence-electron chi connectivity index (χ2n) is 6.45. The molecule has 106 valence electrons. The topological polar surface area (TPSA) is 35.5 Å². The van der Waals surface area contributed by atoms with Crippen molar-refractivity contribution in [1.29, 1.82) is 0 Å². The predicted octanol–water partition coefficient (Wildman–Crippen LogP) is 2.00. The van der Waals surface area contributed by atoms with E-state index in [-0.39, 0.29) is 6.10 Å². The third-order valence-electron chi connectivity index (χ3n) is 4.83. The van der Waals surface area contributed by atoms with Gasteiger partial charge in [0, 0.05) is 26.2 Å². The summed E-state index contributed by atoms with van der Waals surface area (Å²) in [6.07, 6.45) is 10.3. The standard InChI is InChI=1S/C15H30N2O/c1-16-12-15(8-4-2-3-5-9-15)13-17-10-6-14(18)7-11-17/h14,16,18H,2-13H2,1H3. The van der Waals surface area contributed by atoms with Crippen molar-refractivity contribution >= 4 is 0 Å². The van der Waals surface area contributed by atoms with Crippen LogP contribution in [0, 0.1) is 5.41 Å². The van der Waals surface area contributed by atoms with E-state index >= 15 is 0 Å². The Hall–Kier alpha value is -0.120. The van der Waals surface area contributed by atoms with Crippen LogP contribution >= 0.6 is 0 Å². The number of nitrogens with one attached hydrogen (secondary N) is 1. The van der Waals surface area contributed by atoms with Crippen LogP contribution in [0.25, 0.3) is 0 Å². The van der Waals surface area contributed by atoms with E-state index in [4.69, 9.17) is 0 Å². The van der Waals surface area contributed by atoms with E-state index in [9.17, 15) is 5.11 Å². The van der Waals surface area contributed by atoms with E-state index in [1.165, 1.54) is 45.1 Å². The lowest BCUT2D eigenvalue weighted by Crippen LogP contribution is -2.46. The van der Waals surface area contributed by atoms with Crippen LogP contribution in [0.2, 0.25) is 0 Å². The number of aliphatic hydroxyl groups is 1. The summed E-state index contributed by atoms with van der Waals surface area (Å²) in [7, 11) is 2.09. The second kappa shape index (κ2) is 6.88. The van der Waals surface area contributed by atoms with Gasteiger partial charge in [0.2, 0.25) is 0 Å². The molecule has 18 heavy (non-hydrogen) atoms. The van der Waals surface area contributed by atoms with E-state index in [0.29, 0.717) is 5.41 Å². The monoisotopic (exact) mass is 254 g/mol. The van der Waals surface area contributed by atoms with Crippen molar-refractivity contribution in [3.05, 3.63) is 0 Å². The van der Waals surface area contributed by atoms with Crippen LogP contribution < -0.4 is 5.32 Å². The maximum atomic E-state index is 9.61. The molecule has 3 heteroatoms. The number of likely N-dealkylation sites (tertiary alicyclic amines) is 1. The van der Waals surface area contributed by atoms with Crippen molar-refractivity contribution in [2.45, 2.75) is 57.5 Å². The number of nitrogens with zero attached hydrogens (tertiary/aromatic N) is 1. The molecule has 0 aromatic rings. The second-order valence-corrected chi connectivity index (χ2v) is 6.45. The van der Waals surface area contributed by atoms with E-state index < -0.39 is 0 Å². The zero-order chi connectivity index (χ0) is 12.8. The predicted molar refractivity (Wildman–Crippen MR) is 75.7 cm³/mol. The molecule has 3 nitrogen and oxygen atoms in total. The average Bonchev–Trinajstić information content (AvgIpc) is 2.59. The number of piperidine rings is 1. The summed E-state index contributed by atoms with van der Waals surface area (Å²) in [6, 6.07) is 0. The van der Waals surface area contributed by atoms with Gasteiger partial charge in [0.05, 0.1) is 6.10 Å². The molecule has 0 aromatic heterocycles. The van der Waals surface area contributed by atoms with Crippen LogP contribution in [0.3, 0.4) is 0 Å². The minimum atomic E-state index is -0.0457. The first-order chi connectivity index (χ1) is 8.74. The summed E-state index contributed by atoms with van der Waals surface area (Å²) in [5.74, 6) is 0. The lowest BCUT2D eigenvalue weighted by atomic mass is 9.79. The normalized spacial score (nSPS) is 27.0. The van der Waals surface area contributed by atoms with E-state index in [1.54, 1.807) is 0 Å². The molecule has 0 radical (unpaired) electrons. The van der Waals surface area contributed by atoms with Gasteiger partial charge in [-0.15, -0.1) is 0 Å². The van der Waals surface area contributed by atoms with Crippen LogP contribution in [0.1, 0.15) is 51.4 Å². The lowest BCUT2D eigenvalue weighted by molar-refractivity contribution is 0.0510. The van der Waals surface area contributed by atoms with Gasteiger partial charge in [-0.25, -0.2) is 0 Å². The maximum absolute atomic E-state index is 9.61. The van der Waals surface area contributed by atoms with Gasteiger partial charge in [-0.1, -0.05) is 25.7 Å². The minimum Gasteiger partial charge on any atom is -0.393 e. The average molecular weight is 254 g/mol. The summed E-state index contributed by atoms with van der Waals surface area (Å²) in [5, 5.41) is 13.0. The van der Waals surface area contributed by atoms with Crippen molar-refractivity contribution in [3.63, 3.8) is 0 Å². The summed E-state index contributed by atoms with van der Waals surface area (Å²) < 4.78 is 0. The molecule has 2 fully saturated rings. The molecule has 0 spiro atoms. The first kappa shape index (κ1) is 14.3. The van der Waals surface area contributed by atoms with Crippen LogP contribution in [0.15, 0.2) is 0 Å². The largest absolute Gasteiger partial charge is 0.393 e. The molecule has 1 aliphatic heterocycles. The Labute approximate surface area is 112 Å². The molecule has 2 N–H and O–H groups in total. The van der Waals surface area contributed by atoms with Crippen molar-refractivity contribution in [2.24, 2.45) is 5.41 Å². The van der Waals surface area contributed by atoms with Crippen molar-refractivity contribution in [2.75, 3.05) is 33.2 Å². The third kappa shape index (κ3) is 3.94. The molecule has 0 atom stereocenters. The van der Waals surface area contributed by atoms with Crippen molar-refractivity contribution in [1.82, 2.24) is 10.2 Å². The quantitative estimate of drug-likeness (QED) is 0.753. The van der Waals surface area contributed by atoms with Gasteiger partial charge in [-0.3, -0.25) is 0 Å².